The van der Waals surface area contributed by atoms with E-state index in [1.165, 1.54) is 0 Å². The van der Waals surface area contributed by atoms with Crippen LogP contribution >= 0.6 is 0 Å². The Morgan fingerprint density at radius 3 is 1.62 bits per heavy atom. The van der Waals surface area contributed by atoms with E-state index in [1.54, 1.807) is 0 Å². The molecule has 0 amide bonds. The lowest BCUT2D eigenvalue weighted by molar-refractivity contribution is 0.669. The Hall–Kier alpha value is -8.03. The molecule has 7 nitrogen and oxygen atoms in total. The zero-order valence-corrected chi connectivity index (χ0v) is 30.7. The molecule has 8 aromatic carbocycles. The molecule has 13 rings (SSSR count). The first-order chi connectivity index (χ1) is 28.7. The summed E-state index contributed by atoms with van der Waals surface area (Å²) in [4.78, 5) is 15.3. The van der Waals surface area contributed by atoms with Crippen LogP contribution in [0.5, 0.6) is 0 Å². The zero-order valence-electron chi connectivity index (χ0n) is 30.7. The van der Waals surface area contributed by atoms with Gasteiger partial charge in [-0.15, -0.1) is 0 Å². The quantitative estimate of drug-likeness (QED) is 0.178. The molecule has 0 unspecified atom stereocenters. The highest BCUT2D eigenvalue weighted by Gasteiger charge is 2.22. The highest BCUT2D eigenvalue weighted by Crippen LogP contribution is 2.42. The third kappa shape index (κ3) is 4.46. The number of aromatic nitrogens is 4. The summed E-state index contributed by atoms with van der Waals surface area (Å²) in [5, 5.41) is 8.53. The molecule has 0 saturated carbocycles. The van der Waals surface area contributed by atoms with E-state index in [1.807, 2.05) is 84.9 Å². The molecule has 0 aliphatic carbocycles. The number of hydrogen-bond acceptors (Lipinski definition) is 6. The first-order valence-corrected chi connectivity index (χ1v) is 19.3. The number of fused-ring (bicyclic) bond motifs is 12. The van der Waals surface area contributed by atoms with E-state index in [0.717, 1.165) is 104 Å². The minimum absolute atomic E-state index is 0.514. The lowest BCUT2D eigenvalue weighted by atomic mass is 10.1. The average molecular weight is 745 g/mol. The SMILES string of the molecule is c1ccc(-c2nc(-c3cccc4c3oc3ccccc34)nc(-c3cccc4c3oc3ccc(-n5c6ccccc6c6cc7oc8ccccc8c7cc65)cc34)n2)cc1. The van der Waals surface area contributed by atoms with Crippen molar-refractivity contribution in [3.63, 3.8) is 0 Å². The number of furan rings is 3. The van der Waals surface area contributed by atoms with Crippen molar-refractivity contribution in [2.45, 2.75) is 0 Å². The standard InChI is InChI=1S/C51H28N4O3/c1-2-12-29(13-3-1)49-52-50(36-19-10-17-34-32-15-5-9-23-44(32)57-47(34)36)54-51(53-49)37-20-11-18-35-39-26-30(24-25-45(39)58-48(35)37)55-41-21-7-4-14-31(41)38-28-46-40(27-42(38)55)33-16-6-8-22-43(33)56-46/h1-28H. The Bertz CT molecular complexity index is 3810. The topological polar surface area (TPSA) is 83.0 Å². The van der Waals surface area contributed by atoms with Gasteiger partial charge in [-0.1, -0.05) is 109 Å². The molecule has 58 heavy (non-hydrogen) atoms. The van der Waals surface area contributed by atoms with Crippen molar-refractivity contribution in [2.24, 2.45) is 0 Å². The molecule has 0 spiro atoms. The van der Waals surface area contributed by atoms with Crippen LogP contribution < -0.4 is 0 Å². The summed E-state index contributed by atoms with van der Waals surface area (Å²) >= 11 is 0. The molecule has 13 aromatic rings. The maximum Gasteiger partial charge on any atom is 0.167 e. The summed E-state index contributed by atoms with van der Waals surface area (Å²) in [5.41, 5.74) is 10.5. The molecule has 270 valence electrons. The van der Waals surface area contributed by atoms with Gasteiger partial charge in [0.2, 0.25) is 0 Å². The van der Waals surface area contributed by atoms with Crippen molar-refractivity contribution >= 4 is 87.6 Å². The monoisotopic (exact) mass is 744 g/mol. The van der Waals surface area contributed by atoms with Gasteiger partial charge in [0.25, 0.3) is 0 Å². The van der Waals surface area contributed by atoms with Crippen molar-refractivity contribution in [1.82, 2.24) is 19.5 Å². The normalized spacial score (nSPS) is 12.1. The van der Waals surface area contributed by atoms with Gasteiger partial charge < -0.3 is 17.8 Å². The second kappa shape index (κ2) is 11.7. The number of para-hydroxylation sites is 5. The number of rotatable bonds is 4. The first-order valence-electron chi connectivity index (χ1n) is 19.3. The van der Waals surface area contributed by atoms with Crippen LogP contribution in [0, 0.1) is 0 Å². The molecule has 5 heterocycles. The summed E-state index contributed by atoms with van der Waals surface area (Å²) in [6, 6.07) is 58.0. The van der Waals surface area contributed by atoms with Gasteiger partial charge in [-0.3, -0.25) is 0 Å². The van der Waals surface area contributed by atoms with Gasteiger partial charge in [-0.2, -0.15) is 0 Å². The molecule has 5 aromatic heterocycles. The Morgan fingerprint density at radius 2 is 0.879 bits per heavy atom. The van der Waals surface area contributed by atoms with Gasteiger partial charge in [-0.05, 0) is 60.7 Å². The highest BCUT2D eigenvalue weighted by molar-refractivity contribution is 6.18. The number of nitrogens with zero attached hydrogens (tertiary/aromatic N) is 4. The molecule has 0 saturated heterocycles. The van der Waals surface area contributed by atoms with Gasteiger partial charge >= 0.3 is 0 Å². The van der Waals surface area contributed by atoms with Crippen molar-refractivity contribution in [2.75, 3.05) is 0 Å². The number of hydrogen-bond donors (Lipinski definition) is 0. The zero-order chi connectivity index (χ0) is 37.9. The molecular formula is C51H28N4O3. The third-order valence-corrected chi connectivity index (χ3v) is 11.5. The van der Waals surface area contributed by atoms with E-state index in [2.05, 4.69) is 89.5 Å². The second-order valence-corrected chi connectivity index (χ2v) is 14.7. The molecule has 0 aliphatic rings. The van der Waals surface area contributed by atoms with E-state index in [0.29, 0.717) is 23.1 Å². The molecule has 0 radical (unpaired) electrons. The van der Waals surface area contributed by atoms with Gasteiger partial charge in [0.1, 0.15) is 33.5 Å². The Morgan fingerprint density at radius 1 is 0.328 bits per heavy atom. The number of benzene rings is 8. The van der Waals surface area contributed by atoms with Crippen LogP contribution in [-0.4, -0.2) is 19.5 Å². The molecule has 0 bridgehead atoms. The summed E-state index contributed by atoms with van der Waals surface area (Å²) in [5.74, 6) is 1.60. The van der Waals surface area contributed by atoms with Crippen molar-refractivity contribution in [3.8, 4) is 39.9 Å². The van der Waals surface area contributed by atoms with Gasteiger partial charge in [0, 0.05) is 54.3 Å². The largest absolute Gasteiger partial charge is 0.456 e. The van der Waals surface area contributed by atoms with Crippen LogP contribution in [0.4, 0.5) is 0 Å². The van der Waals surface area contributed by atoms with E-state index in [9.17, 15) is 0 Å². The van der Waals surface area contributed by atoms with Gasteiger partial charge in [-0.25, -0.2) is 15.0 Å². The van der Waals surface area contributed by atoms with Crippen LogP contribution in [0.3, 0.4) is 0 Å². The fourth-order valence-electron chi connectivity index (χ4n) is 8.82. The van der Waals surface area contributed by atoms with Crippen LogP contribution in [-0.2, 0) is 0 Å². The lowest BCUT2D eigenvalue weighted by Crippen LogP contribution is -2.00. The predicted molar refractivity (Wildman–Crippen MR) is 232 cm³/mol. The van der Waals surface area contributed by atoms with Crippen LogP contribution in [0.25, 0.3) is 127 Å². The summed E-state index contributed by atoms with van der Waals surface area (Å²) in [6.07, 6.45) is 0. The second-order valence-electron chi connectivity index (χ2n) is 14.7. The maximum absolute atomic E-state index is 6.74. The van der Waals surface area contributed by atoms with Gasteiger partial charge in [0.15, 0.2) is 17.5 Å². The highest BCUT2D eigenvalue weighted by atomic mass is 16.3. The van der Waals surface area contributed by atoms with Crippen LogP contribution in [0.2, 0.25) is 0 Å². The maximum atomic E-state index is 6.74. The summed E-state index contributed by atoms with van der Waals surface area (Å²) in [7, 11) is 0. The van der Waals surface area contributed by atoms with Crippen LogP contribution in [0.15, 0.2) is 183 Å². The van der Waals surface area contributed by atoms with E-state index >= 15 is 0 Å². The minimum Gasteiger partial charge on any atom is -0.456 e. The fraction of sp³-hybridized carbons (Fsp3) is 0. The van der Waals surface area contributed by atoms with Crippen LogP contribution in [0.1, 0.15) is 0 Å². The first kappa shape index (κ1) is 31.2. The van der Waals surface area contributed by atoms with E-state index in [4.69, 9.17) is 28.2 Å². The van der Waals surface area contributed by atoms with E-state index in [-0.39, 0.29) is 0 Å². The lowest BCUT2D eigenvalue weighted by Gasteiger charge is -2.09. The average Bonchev–Trinajstić information content (AvgIpc) is 4.04. The Balaban J connectivity index is 1.02. The Kier molecular flexibility index (Phi) is 6.32. The summed E-state index contributed by atoms with van der Waals surface area (Å²) in [6.45, 7) is 0. The predicted octanol–water partition coefficient (Wildman–Crippen LogP) is 13.7. The fourth-order valence-corrected chi connectivity index (χ4v) is 8.82. The van der Waals surface area contributed by atoms with Crippen molar-refractivity contribution in [3.05, 3.63) is 170 Å². The Labute approximate surface area is 329 Å². The van der Waals surface area contributed by atoms with Gasteiger partial charge in [0.05, 0.1) is 22.2 Å². The van der Waals surface area contributed by atoms with E-state index < -0.39 is 0 Å². The molecule has 0 fully saturated rings. The molecule has 0 atom stereocenters. The molecule has 7 heteroatoms. The van der Waals surface area contributed by atoms with Crippen molar-refractivity contribution in [1.29, 1.82) is 0 Å². The third-order valence-electron chi connectivity index (χ3n) is 11.5. The molecule has 0 N–H and O–H groups in total. The smallest absolute Gasteiger partial charge is 0.167 e. The molecular weight excluding hydrogens is 717 g/mol. The van der Waals surface area contributed by atoms with Crippen molar-refractivity contribution < 1.29 is 13.3 Å². The summed E-state index contributed by atoms with van der Waals surface area (Å²) < 4.78 is 21.9. The minimum atomic E-state index is 0.514. The molecule has 0 aliphatic heterocycles.